The van der Waals surface area contributed by atoms with E-state index in [0.29, 0.717) is 5.92 Å². The smallest absolute Gasteiger partial charge is 0.0127 e. The van der Waals surface area contributed by atoms with Crippen LogP contribution < -0.4 is 5.73 Å². The topological polar surface area (TPSA) is 26.0 Å². The van der Waals surface area contributed by atoms with Crippen molar-refractivity contribution in [2.24, 2.45) is 11.7 Å². The van der Waals surface area contributed by atoms with Gasteiger partial charge in [-0.15, -0.1) is 11.3 Å². The molecule has 1 aliphatic rings. The third-order valence-corrected chi connectivity index (χ3v) is 4.51. The third-order valence-electron chi connectivity index (χ3n) is 3.06. The normalized spacial score (nSPS) is 26.4. The number of thiophene rings is 1. The van der Waals surface area contributed by atoms with Crippen LogP contribution in [0.25, 0.3) is 0 Å². The zero-order valence-corrected chi connectivity index (χ0v) is 9.16. The van der Waals surface area contributed by atoms with Crippen molar-refractivity contribution in [2.75, 3.05) is 6.54 Å². The van der Waals surface area contributed by atoms with Crippen LogP contribution in [0.2, 0.25) is 0 Å². The second-order valence-corrected chi connectivity index (χ2v) is 5.15. The quantitative estimate of drug-likeness (QED) is 0.771. The van der Waals surface area contributed by atoms with Gasteiger partial charge >= 0.3 is 0 Å². The van der Waals surface area contributed by atoms with Gasteiger partial charge in [0.1, 0.15) is 0 Å². The van der Waals surface area contributed by atoms with Crippen LogP contribution >= 0.6 is 11.3 Å². The summed E-state index contributed by atoms with van der Waals surface area (Å²) in [5.41, 5.74) is 7.37. The molecular weight excluding hydrogens is 178 g/mol. The lowest BCUT2D eigenvalue weighted by Crippen LogP contribution is -2.14. The predicted molar refractivity (Wildman–Crippen MR) is 58.4 cm³/mol. The summed E-state index contributed by atoms with van der Waals surface area (Å²) >= 11 is 1.98. The number of hydrogen-bond acceptors (Lipinski definition) is 2. The van der Waals surface area contributed by atoms with Gasteiger partial charge < -0.3 is 5.73 Å². The van der Waals surface area contributed by atoms with Gasteiger partial charge in [-0.05, 0) is 30.4 Å². The first kappa shape index (κ1) is 9.22. The minimum atomic E-state index is 0.639. The van der Waals surface area contributed by atoms with Crippen LogP contribution in [0.1, 0.15) is 35.1 Å². The second kappa shape index (κ2) is 3.43. The molecule has 1 aromatic rings. The fourth-order valence-electron chi connectivity index (χ4n) is 2.24. The Morgan fingerprint density at radius 1 is 1.62 bits per heavy atom. The molecule has 1 heterocycles. The van der Waals surface area contributed by atoms with Crippen molar-refractivity contribution in [1.29, 1.82) is 0 Å². The molecule has 0 fully saturated rings. The van der Waals surface area contributed by atoms with Gasteiger partial charge in [-0.2, -0.15) is 0 Å². The molecule has 0 aliphatic heterocycles. The van der Waals surface area contributed by atoms with Gasteiger partial charge in [0.05, 0.1) is 0 Å². The molecule has 2 atom stereocenters. The second-order valence-electron chi connectivity index (χ2n) is 3.98. The molecule has 72 valence electrons. The largest absolute Gasteiger partial charge is 0.330 e. The van der Waals surface area contributed by atoms with E-state index in [-0.39, 0.29) is 0 Å². The summed E-state index contributed by atoms with van der Waals surface area (Å²) < 4.78 is 0. The first-order chi connectivity index (χ1) is 6.26. The maximum absolute atomic E-state index is 5.80. The minimum absolute atomic E-state index is 0.639. The number of rotatable bonds is 2. The molecule has 2 unspecified atom stereocenters. The Morgan fingerprint density at radius 3 is 3.00 bits per heavy atom. The number of aryl methyl sites for hydroxylation is 1. The van der Waals surface area contributed by atoms with Crippen LogP contribution in [0.15, 0.2) is 6.07 Å². The first-order valence-electron chi connectivity index (χ1n) is 5.07. The van der Waals surface area contributed by atoms with Gasteiger partial charge in [-0.1, -0.05) is 13.8 Å². The van der Waals surface area contributed by atoms with Crippen molar-refractivity contribution in [3.8, 4) is 0 Å². The van der Waals surface area contributed by atoms with Crippen molar-refractivity contribution < 1.29 is 0 Å². The Bertz CT molecular complexity index is 303. The average Bonchev–Trinajstić information content (AvgIpc) is 2.60. The van der Waals surface area contributed by atoms with E-state index in [2.05, 4.69) is 19.9 Å². The number of fused-ring (bicyclic) bond motifs is 1. The molecule has 2 rings (SSSR count). The highest BCUT2D eigenvalue weighted by Gasteiger charge is 2.30. The number of hydrogen-bond donors (Lipinski definition) is 1. The monoisotopic (exact) mass is 195 g/mol. The lowest BCUT2D eigenvalue weighted by molar-refractivity contribution is 0.509. The van der Waals surface area contributed by atoms with Crippen LogP contribution in [-0.4, -0.2) is 6.54 Å². The molecule has 0 spiro atoms. The summed E-state index contributed by atoms with van der Waals surface area (Å²) in [5, 5.41) is 0. The summed E-state index contributed by atoms with van der Waals surface area (Å²) in [6.45, 7) is 5.36. The molecule has 0 bridgehead atoms. The Labute approximate surface area is 84.0 Å². The highest BCUT2D eigenvalue weighted by molar-refractivity contribution is 7.12. The summed E-state index contributed by atoms with van der Waals surface area (Å²) in [5.74, 6) is 1.40. The van der Waals surface area contributed by atoms with Gasteiger partial charge in [0.15, 0.2) is 0 Å². The summed E-state index contributed by atoms with van der Waals surface area (Å²) in [6, 6.07) is 2.38. The lowest BCUT2D eigenvalue weighted by atomic mass is 9.98. The average molecular weight is 195 g/mol. The van der Waals surface area contributed by atoms with Crippen molar-refractivity contribution in [1.82, 2.24) is 0 Å². The van der Waals surface area contributed by atoms with Crippen LogP contribution in [0, 0.1) is 5.92 Å². The third kappa shape index (κ3) is 1.42. The predicted octanol–water partition coefficient (Wildman–Crippen LogP) is 2.55. The van der Waals surface area contributed by atoms with Gasteiger partial charge in [0, 0.05) is 22.2 Å². The molecule has 1 aliphatic carbocycles. The Kier molecular flexibility index (Phi) is 2.43. The van der Waals surface area contributed by atoms with E-state index in [1.54, 1.807) is 10.4 Å². The summed E-state index contributed by atoms with van der Waals surface area (Å²) in [7, 11) is 0. The first-order valence-corrected chi connectivity index (χ1v) is 5.89. The van der Waals surface area contributed by atoms with E-state index in [1.165, 1.54) is 17.7 Å². The van der Waals surface area contributed by atoms with Crippen LogP contribution in [0.4, 0.5) is 0 Å². The van der Waals surface area contributed by atoms with Crippen molar-refractivity contribution in [3.63, 3.8) is 0 Å². The zero-order chi connectivity index (χ0) is 9.42. The highest BCUT2D eigenvalue weighted by Crippen LogP contribution is 2.42. The van der Waals surface area contributed by atoms with E-state index in [4.69, 9.17) is 5.73 Å². The fraction of sp³-hybridized carbons (Fsp3) is 0.636. The van der Waals surface area contributed by atoms with Gasteiger partial charge in [0.2, 0.25) is 0 Å². The maximum Gasteiger partial charge on any atom is 0.0127 e. The molecule has 2 heteroatoms. The van der Waals surface area contributed by atoms with Gasteiger partial charge in [0.25, 0.3) is 0 Å². The van der Waals surface area contributed by atoms with Crippen molar-refractivity contribution >= 4 is 11.3 Å². The number of nitrogens with two attached hydrogens (primary N) is 1. The Hall–Kier alpha value is -0.340. The SMILES string of the molecule is CCc1cc2c(s1)C(CN)C(C)C2. The van der Waals surface area contributed by atoms with E-state index < -0.39 is 0 Å². The van der Waals surface area contributed by atoms with Crippen molar-refractivity contribution in [2.45, 2.75) is 32.6 Å². The Morgan fingerprint density at radius 2 is 2.38 bits per heavy atom. The highest BCUT2D eigenvalue weighted by atomic mass is 32.1. The lowest BCUT2D eigenvalue weighted by Gasteiger charge is -2.12. The molecule has 0 saturated carbocycles. The van der Waals surface area contributed by atoms with Crippen LogP contribution in [0.5, 0.6) is 0 Å². The van der Waals surface area contributed by atoms with Crippen LogP contribution in [0.3, 0.4) is 0 Å². The standard InChI is InChI=1S/C11H17NS/c1-3-9-5-8-4-7(2)10(6-12)11(8)13-9/h5,7,10H,3-4,6,12H2,1-2H3. The van der Waals surface area contributed by atoms with Crippen molar-refractivity contribution in [3.05, 3.63) is 21.4 Å². The van der Waals surface area contributed by atoms with E-state index in [1.807, 2.05) is 11.3 Å². The summed E-state index contributed by atoms with van der Waals surface area (Å²) in [4.78, 5) is 3.10. The molecule has 13 heavy (non-hydrogen) atoms. The zero-order valence-electron chi connectivity index (χ0n) is 8.34. The molecule has 1 aromatic heterocycles. The summed E-state index contributed by atoms with van der Waals surface area (Å²) in [6.07, 6.45) is 2.41. The van der Waals surface area contributed by atoms with Gasteiger partial charge in [-0.25, -0.2) is 0 Å². The Balaban J connectivity index is 2.33. The minimum Gasteiger partial charge on any atom is -0.330 e. The molecule has 0 aromatic carbocycles. The van der Waals surface area contributed by atoms with Gasteiger partial charge in [-0.3, -0.25) is 0 Å². The molecule has 1 nitrogen and oxygen atoms in total. The van der Waals surface area contributed by atoms with E-state index in [0.717, 1.165) is 12.5 Å². The maximum atomic E-state index is 5.80. The van der Waals surface area contributed by atoms with E-state index in [9.17, 15) is 0 Å². The van der Waals surface area contributed by atoms with E-state index >= 15 is 0 Å². The molecule has 0 amide bonds. The molecular formula is C11H17NS. The molecule has 0 saturated heterocycles. The fourth-order valence-corrected chi connectivity index (χ4v) is 3.62. The molecule has 2 N–H and O–H groups in total. The molecule has 0 radical (unpaired) electrons. The van der Waals surface area contributed by atoms with Crippen LogP contribution in [-0.2, 0) is 12.8 Å².